The van der Waals surface area contributed by atoms with Crippen LogP contribution in [0.1, 0.15) is 17.9 Å². The minimum Gasteiger partial charge on any atom is -0.401 e. The van der Waals surface area contributed by atoms with E-state index in [1.807, 2.05) is 0 Å². The molecule has 0 aliphatic rings. The Hall–Kier alpha value is -2.32. The molecule has 2 aromatic rings. The van der Waals surface area contributed by atoms with Crippen molar-refractivity contribution >= 4 is 41.1 Å². The monoisotopic (exact) mass is 372 g/mol. The molecule has 1 amide bonds. The lowest BCUT2D eigenvalue weighted by Crippen LogP contribution is -2.23. The van der Waals surface area contributed by atoms with Gasteiger partial charge in [0.2, 0.25) is 5.91 Å². The molecule has 0 unspecified atom stereocenters. The van der Waals surface area contributed by atoms with E-state index >= 15 is 0 Å². The third-order valence-corrected chi connectivity index (χ3v) is 3.97. The highest BCUT2D eigenvalue weighted by molar-refractivity contribution is 6.41. The molecule has 0 spiro atoms. The molecule has 0 saturated heterocycles. The number of rotatable bonds is 7. The van der Waals surface area contributed by atoms with Gasteiger partial charge < -0.3 is 9.73 Å². The van der Waals surface area contributed by atoms with Crippen molar-refractivity contribution < 1.29 is 14.1 Å². The second-order valence-electron chi connectivity index (χ2n) is 4.82. The van der Waals surface area contributed by atoms with E-state index in [9.17, 15) is 14.9 Å². The summed E-state index contributed by atoms with van der Waals surface area (Å²) in [6.45, 7) is 2.69. The fourth-order valence-electron chi connectivity index (χ4n) is 1.87. The molecule has 8 nitrogen and oxygen atoms in total. The number of halogens is 2. The minimum absolute atomic E-state index is 0.227. The van der Waals surface area contributed by atoms with E-state index in [0.717, 1.165) is 0 Å². The molecule has 2 rings (SSSR count). The number of furan rings is 1. The highest BCUT2D eigenvalue weighted by atomic mass is 35.5. The molecule has 0 aliphatic heterocycles. The van der Waals surface area contributed by atoms with Crippen molar-refractivity contribution in [1.82, 2.24) is 15.1 Å². The van der Waals surface area contributed by atoms with Crippen molar-refractivity contribution in [3.8, 4) is 0 Å². The first-order chi connectivity index (χ1) is 11.4. The van der Waals surface area contributed by atoms with Gasteiger partial charge in [-0.25, -0.2) is 0 Å². The predicted octanol–water partition coefficient (Wildman–Crippen LogP) is 3.22. The lowest BCUT2D eigenvalue weighted by molar-refractivity contribution is -0.402. The Kier molecular flexibility index (Phi) is 5.99. The van der Waals surface area contributed by atoms with Gasteiger partial charge >= 0.3 is 5.88 Å². The Morgan fingerprint density at radius 1 is 1.50 bits per heavy atom. The second kappa shape index (κ2) is 7.98. The molecule has 0 aromatic carbocycles. The van der Waals surface area contributed by atoms with Crippen LogP contribution in [-0.4, -0.2) is 27.2 Å². The van der Waals surface area contributed by atoms with Gasteiger partial charge in [-0.15, -0.1) is 0 Å². The van der Waals surface area contributed by atoms with E-state index in [-0.39, 0.29) is 17.6 Å². The summed E-state index contributed by atoms with van der Waals surface area (Å²) in [5, 5.41) is 18.1. The second-order valence-corrected chi connectivity index (χ2v) is 5.56. The maximum atomic E-state index is 11.7. The summed E-state index contributed by atoms with van der Waals surface area (Å²) in [5.41, 5.74) is 0.654. The third kappa shape index (κ3) is 4.59. The number of carbonyl (C=O) groups is 1. The number of aryl methyl sites for hydroxylation is 2. The number of aromatic nitrogens is 2. The van der Waals surface area contributed by atoms with Crippen LogP contribution < -0.4 is 5.32 Å². The molecular formula is C14H14Cl2N4O4. The van der Waals surface area contributed by atoms with Gasteiger partial charge in [-0.2, -0.15) is 5.10 Å². The lowest BCUT2D eigenvalue weighted by atomic mass is 10.3. The highest BCUT2D eigenvalue weighted by Crippen LogP contribution is 2.24. The zero-order valence-corrected chi connectivity index (χ0v) is 14.2. The number of carbonyl (C=O) groups excluding carboxylic acids is 1. The summed E-state index contributed by atoms with van der Waals surface area (Å²) in [5.74, 6) is -0.486. The topological polar surface area (TPSA) is 103 Å². The van der Waals surface area contributed by atoms with Crippen LogP contribution in [0.15, 0.2) is 22.6 Å². The number of hydrogen-bond acceptors (Lipinski definition) is 5. The van der Waals surface area contributed by atoms with E-state index < -0.39 is 4.92 Å². The van der Waals surface area contributed by atoms with Crippen molar-refractivity contribution in [2.75, 3.05) is 6.54 Å². The number of hydrogen-bond donors (Lipinski definition) is 1. The maximum absolute atomic E-state index is 11.7. The summed E-state index contributed by atoms with van der Waals surface area (Å²) < 4.78 is 6.47. The largest absolute Gasteiger partial charge is 0.433 e. The van der Waals surface area contributed by atoms with Crippen LogP contribution in [0.3, 0.4) is 0 Å². The van der Waals surface area contributed by atoms with Gasteiger partial charge in [0.1, 0.15) is 20.9 Å². The summed E-state index contributed by atoms with van der Waals surface area (Å²) in [7, 11) is 0. The molecule has 2 heterocycles. The molecule has 24 heavy (non-hydrogen) atoms. The van der Waals surface area contributed by atoms with E-state index in [2.05, 4.69) is 10.4 Å². The predicted molar refractivity (Wildman–Crippen MR) is 89.0 cm³/mol. The Balaban J connectivity index is 1.75. The van der Waals surface area contributed by atoms with Gasteiger partial charge in [0.15, 0.2) is 0 Å². The number of nitrogens with zero attached hydrogens (tertiary/aromatic N) is 3. The molecule has 1 N–H and O–H groups in total. The quantitative estimate of drug-likeness (QED) is 0.347. The zero-order valence-electron chi connectivity index (χ0n) is 12.7. The summed E-state index contributed by atoms with van der Waals surface area (Å²) >= 11 is 11.9. The molecule has 0 atom stereocenters. The van der Waals surface area contributed by atoms with Crippen LogP contribution >= 0.6 is 23.2 Å². The van der Waals surface area contributed by atoms with Crippen molar-refractivity contribution in [3.63, 3.8) is 0 Å². The van der Waals surface area contributed by atoms with Crippen LogP contribution in [0.4, 0.5) is 5.88 Å². The zero-order chi connectivity index (χ0) is 17.7. The molecule has 0 saturated carbocycles. The fourth-order valence-corrected chi connectivity index (χ4v) is 2.26. The first kappa shape index (κ1) is 18.0. The van der Waals surface area contributed by atoms with Crippen molar-refractivity contribution in [1.29, 1.82) is 0 Å². The maximum Gasteiger partial charge on any atom is 0.433 e. The smallest absolute Gasteiger partial charge is 0.401 e. The molecule has 2 aromatic heterocycles. The summed E-state index contributed by atoms with van der Waals surface area (Å²) in [6, 6.07) is 2.63. The third-order valence-electron chi connectivity index (χ3n) is 3.03. The van der Waals surface area contributed by atoms with Gasteiger partial charge in [0, 0.05) is 19.2 Å². The molecule has 128 valence electrons. The Morgan fingerprint density at radius 3 is 2.83 bits per heavy atom. The van der Waals surface area contributed by atoms with Crippen molar-refractivity contribution in [3.05, 3.63) is 50.0 Å². The normalized spacial score (nSPS) is 11.1. The van der Waals surface area contributed by atoms with Crippen LogP contribution in [0.2, 0.25) is 10.2 Å². The average Bonchev–Trinajstić information content (AvgIpc) is 3.11. The van der Waals surface area contributed by atoms with E-state index in [1.54, 1.807) is 11.6 Å². The molecule has 0 bridgehead atoms. The minimum atomic E-state index is -0.647. The molecule has 0 fully saturated rings. The summed E-state index contributed by atoms with van der Waals surface area (Å²) in [6.07, 6.45) is 3.21. The van der Waals surface area contributed by atoms with E-state index in [1.165, 1.54) is 24.3 Å². The molecular weight excluding hydrogens is 359 g/mol. The van der Waals surface area contributed by atoms with Crippen LogP contribution in [0.5, 0.6) is 0 Å². The molecule has 10 heteroatoms. The first-order valence-corrected chi connectivity index (χ1v) is 7.72. The van der Waals surface area contributed by atoms with Gasteiger partial charge in [-0.1, -0.05) is 23.2 Å². The average molecular weight is 373 g/mol. The van der Waals surface area contributed by atoms with Crippen LogP contribution in [-0.2, 0) is 11.3 Å². The van der Waals surface area contributed by atoms with E-state index in [0.29, 0.717) is 35.4 Å². The number of nitro groups is 1. The standard InChI is InChI=1S/C14H14Cl2N4O4/c1-9-13(15)14(16)19(18-9)8-2-7-17-11(21)5-3-10-4-6-12(24-10)20(22)23/h3-6H,2,7-8H2,1H3,(H,17,21)/b5-3+. The Bertz CT molecular complexity index is 782. The molecule has 0 aliphatic carbocycles. The Labute approximate surface area is 147 Å². The lowest BCUT2D eigenvalue weighted by Gasteiger charge is -2.04. The number of nitrogens with one attached hydrogen (secondary N) is 1. The van der Waals surface area contributed by atoms with Crippen LogP contribution in [0.25, 0.3) is 6.08 Å². The van der Waals surface area contributed by atoms with Gasteiger partial charge in [0.25, 0.3) is 0 Å². The number of amides is 1. The van der Waals surface area contributed by atoms with Crippen molar-refractivity contribution in [2.24, 2.45) is 0 Å². The highest BCUT2D eigenvalue weighted by Gasteiger charge is 2.11. The van der Waals surface area contributed by atoms with E-state index in [4.69, 9.17) is 27.6 Å². The fraction of sp³-hybridized carbons (Fsp3) is 0.286. The van der Waals surface area contributed by atoms with Gasteiger partial charge in [0.05, 0.1) is 11.8 Å². The molecule has 0 radical (unpaired) electrons. The van der Waals surface area contributed by atoms with Crippen molar-refractivity contribution in [2.45, 2.75) is 19.9 Å². The summed E-state index contributed by atoms with van der Waals surface area (Å²) in [4.78, 5) is 21.5. The van der Waals surface area contributed by atoms with Crippen LogP contribution in [0, 0.1) is 17.0 Å². The van der Waals surface area contributed by atoms with Gasteiger partial charge in [-0.3, -0.25) is 19.6 Å². The Morgan fingerprint density at radius 2 is 2.25 bits per heavy atom. The SMILES string of the molecule is Cc1nn(CCCNC(=O)/C=C/c2ccc([N+](=O)[O-])o2)c(Cl)c1Cl. The first-order valence-electron chi connectivity index (χ1n) is 6.97. The van der Waals surface area contributed by atoms with Gasteiger partial charge in [-0.05, 0) is 25.5 Å².